The van der Waals surface area contributed by atoms with Crippen LogP contribution in [0.1, 0.15) is 19.5 Å². The summed E-state index contributed by atoms with van der Waals surface area (Å²) < 4.78 is 2.04. The lowest BCUT2D eigenvalue weighted by Crippen LogP contribution is -2.35. The third-order valence-corrected chi connectivity index (χ3v) is 3.23. The maximum Gasteiger partial charge on any atom is 0.0994 e. The molecule has 1 heterocycles. The van der Waals surface area contributed by atoms with Gasteiger partial charge in [0, 0.05) is 10.7 Å². The van der Waals surface area contributed by atoms with Crippen LogP contribution < -0.4 is 5.32 Å². The minimum atomic E-state index is -0.140. The van der Waals surface area contributed by atoms with E-state index in [1.54, 1.807) is 6.33 Å². The van der Waals surface area contributed by atoms with Gasteiger partial charge in [0.15, 0.2) is 0 Å². The van der Waals surface area contributed by atoms with Crippen molar-refractivity contribution in [2.75, 3.05) is 7.05 Å². The molecule has 0 spiro atoms. The van der Waals surface area contributed by atoms with Gasteiger partial charge in [-0.15, -0.1) is 0 Å². The van der Waals surface area contributed by atoms with Crippen molar-refractivity contribution < 1.29 is 0 Å². The summed E-state index contributed by atoms with van der Waals surface area (Å²) in [6.45, 7) is 4.23. The van der Waals surface area contributed by atoms with Gasteiger partial charge in [-0.05, 0) is 39.1 Å². The SMILES string of the molecule is CNC(C)(C)c1cncn1-c1cccc(Cl)c1. The molecule has 0 bridgehead atoms. The van der Waals surface area contributed by atoms with Crippen LogP contribution in [-0.2, 0) is 5.54 Å². The van der Waals surface area contributed by atoms with Crippen LogP contribution in [0.2, 0.25) is 5.02 Å². The Morgan fingerprint density at radius 1 is 1.35 bits per heavy atom. The number of aromatic nitrogens is 2. The minimum Gasteiger partial charge on any atom is -0.310 e. The molecule has 1 N–H and O–H groups in total. The molecule has 0 atom stereocenters. The van der Waals surface area contributed by atoms with Crippen LogP contribution in [0.15, 0.2) is 36.8 Å². The van der Waals surface area contributed by atoms with Crippen molar-refractivity contribution in [3.05, 3.63) is 47.5 Å². The van der Waals surface area contributed by atoms with Crippen LogP contribution in [0.3, 0.4) is 0 Å². The molecule has 0 unspecified atom stereocenters. The van der Waals surface area contributed by atoms with Crippen LogP contribution in [0.25, 0.3) is 5.69 Å². The van der Waals surface area contributed by atoms with Gasteiger partial charge < -0.3 is 9.88 Å². The van der Waals surface area contributed by atoms with Crippen LogP contribution in [-0.4, -0.2) is 16.6 Å². The fraction of sp³-hybridized carbons (Fsp3) is 0.308. The van der Waals surface area contributed by atoms with Crippen molar-refractivity contribution in [2.24, 2.45) is 0 Å². The Hall–Kier alpha value is -1.32. The van der Waals surface area contributed by atoms with E-state index in [2.05, 4.69) is 24.1 Å². The van der Waals surface area contributed by atoms with E-state index < -0.39 is 0 Å². The molecule has 0 fully saturated rings. The number of hydrogen-bond acceptors (Lipinski definition) is 2. The molecule has 0 aliphatic heterocycles. The van der Waals surface area contributed by atoms with Crippen LogP contribution in [0.4, 0.5) is 0 Å². The van der Waals surface area contributed by atoms with Crippen molar-refractivity contribution in [2.45, 2.75) is 19.4 Å². The molecule has 1 aromatic carbocycles. The third-order valence-electron chi connectivity index (χ3n) is 2.99. The third kappa shape index (κ3) is 2.35. The topological polar surface area (TPSA) is 29.9 Å². The minimum absolute atomic E-state index is 0.140. The van der Waals surface area contributed by atoms with Crippen molar-refractivity contribution in [3.8, 4) is 5.69 Å². The molecule has 2 rings (SSSR count). The number of benzene rings is 1. The first-order valence-corrected chi connectivity index (χ1v) is 5.90. The first-order valence-electron chi connectivity index (χ1n) is 5.52. The normalized spacial score (nSPS) is 11.8. The molecule has 3 nitrogen and oxygen atoms in total. The van der Waals surface area contributed by atoms with E-state index in [0.717, 1.165) is 16.4 Å². The van der Waals surface area contributed by atoms with Gasteiger partial charge in [-0.1, -0.05) is 17.7 Å². The quantitative estimate of drug-likeness (QED) is 0.906. The van der Waals surface area contributed by atoms with Crippen LogP contribution in [0, 0.1) is 0 Å². The predicted molar refractivity (Wildman–Crippen MR) is 70.7 cm³/mol. The zero-order valence-electron chi connectivity index (χ0n) is 10.2. The second-order valence-electron chi connectivity index (χ2n) is 4.50. The van der Waals surface area contributed by atoms with Gasteiger partial charge in [0.2, 0.25) is 0 Å². The smallest absolute Gasteiger partial charge is 0.0994 e. The summed E-state index contributed by atoms with van der Waals surface area (Å²) in [6, 6.07) is 7.75. The Bertz CT molecular complexity index is 517. The Kier molecular flexibility index (Phi) is 3.22. The monoisotopic (exact) mass is 249 g/mol. The fourth-order valence-electron chi connectivity index (χ4n) is 1.72. The van der Waals surface area contributed by atoms with Gasteiger partial charge >= 0.3 is 0 Å². The highest BCUT2D eigenvalue weighted by Crippen LogP contribution is 2.23. The van der Waals surface area contributed by atoms with Crippen molar-refractivity contribution >= 4 is 11.6 Å². The molecule has 90 valence electrons. The zero-order valence-corrected chi connectivity index (χ0v) is 11.0. The molecule has 0 amide bonds. The molecular formula is C13H16ClN3. The Morgan fingerprint density at radius 2 is 2.12 bits per heavy atom. The van der Waals surface area contributed by atoms with Crippen LogP contribution >= 0.6 is 11.6 Å². The molecule has 1 aromatic heterocycles. The Balaban J connectivity index is 2.51. The highest BCUT2D eigenvalue weighted by Gasteiger charge is 2.22. The average Bonchev–Trinajstić information content (AvgIpc) is 2.78. The lowest BCUT2D eigenvalue weighted by atomic mass is 10.0. The molecule has 0 saturated heterocycles. The summed E-state index contributed by atoms with van der Waals surface area (Å²) in [4.78, 5) is 4.22. The summed E-state index contributed by atoms with van der Waals surface area (Å²) in [6.07, 6.45) is 3.68. The summed E-state index contributed by atoms with van der Waals surface area (Å²) in [5.41, 5.74) is 1.98. The highest BCUT2D eigenvalue weighted by molar-refractivity contribution is 6.30. The van der Waals surface area contributed by atoms with Gasteiger partial charge in [-0.3, -0.25) is 0 Å². The van der Waals surface area contributed by atoms with Gasteiger partial charge in [0.05, 0.1) is 23.8 Å². The molecule has 0 aliphatic carbocycles. The van der Waals surface area contributed by atoms with Gasteiger partial charge in [-0.25, -0.2) is 4.98 Å². The molecule has 2 aromatic rings. The van der Waals surface area contributed by atoms with Crippen molar-refractivity contribution in [1.29, 1.82) is 0 Å². The van der Waals surface area contributed by atoms with E-state index in [1.807, 2.05) is 42.1 Å². The lowest BCUT2D eigenvalue weighted by Gasteiger charge is -2.25. The second kappa shape index (κ2) is 4.51. The lowest BCUT2D eigenvalue weighted by molar-refractivity contribution is 0.425. The predicted octanol–water partition coefficient (Wildman–Crippen LogP) is 2.98. The highest BCUT2D eigenvalue weighted by atomic mass is 35.5. The second-order valence-corrected chi connectivity index (χ2v) is 4.94. The van der Waals surface area contributed by atoms with E-state index in [-0.39, 0.29) is 5.54 Å². The molecule has 0 aliphatic rings. The number of hydrogen-bond donors (Lipinski definition) is 1. The van der Waals surface area contributed by atoms with Gasteiger partial charge in [0.25, 0.3) is 0 Å². The summed E-state index contributed by atoms with van der Waals surface area (Å²) >= 11 is 6.01. The van der Waals surface area contributed by atoms with Crippen molar-refractivity contribution in [3.63, 3.8) is 0 Å². The molecule has 4 heteroatoms. The first kappa shape index (κ1) is 12.1. The molecule has 0 saturated carbocycles. The largest absolute Gasteiger partial charge is 0.310 e. The van der Waals surface area contributed by atoms with E-state index >= 15 is 0 Å². The maximum absolute atomic E-state index is 6.01. The Labute approximate surface area is 106 Å². The van der Waals surface area contributed by atoms with Crippen LogP contribution in [0.5, 0.6) is 0 Å². The summed E-state index contributed by atoms with van der Waals surface area (Å²) in [7, 11) is 1.94. The number of nitrogens with zero attached hydrogens (tertiary/aromatic N) is 2. The first-order chi connectivity index (χ1) is 8.04. The fourth-order valence-corrected chi connectivity index (χ4v) is 1.90. The van der Waals surface area contributed by atoms with E-state index in [9.17, 15) is 0 Å². The maximum atomic E-state index is 6.01. The standard InChI is InChI=1S/C13H16ClN3/c1-13(2,15-3)12-8-16-9-17(12)11-6-4-5-10(14)7-11/h4-9,15H,1-3H3. The number of imidazole rings is 1. The summed E-state index contributed by atoms with van der Waals surface area (Å²) in [5, 5.41) is 4.00. The molecular weight excluding hydrogens is 234 g/mol. The van der Waals surface area contributed by atoms with E-state index in [4.69, 9.17) is 11.6 Å². The molecule has 0 radical (unpaired) electrons. The molecule has 17 heavy (non-hydrogen) atoms. The van der Waals surface area contributed by atoms with Crippen molar-refractivity contribution in [1.82, 2.24) is 14.9 Å². The number of nitrogens with one attached hydrogen (secondary N) is 1. The number of rotatable bonds is 3. The van der Waals surface area contributed by atoms with E-state index in [1.165, 1.54) is 0 Å². The summed E-state index contributed by atoms with van der Waals surface area (Å²) in [5.74, 6) is 0. The average molecular weight is 250 g/mol. The van der Waals surface area contributed by atoms with Gasteiger partial charge in [-0.2, -0.15) is 0 Å². The number of halogens is 1. The van der Waals surface area contributed by atoms with Gasteiger partial charge in [0.1, 0.15) is 0 Å². The van der Waals surface area contributed by atoms with E-state index in [0.29, 0.717) is 0 Å². The zero-order chi connectivity index (χ0) is 12.5. The Morgan fingerprint density at radius 3 is 2.76 bits per heavy atom.